The van der Waals surface area contributed by atoms with E-state index in [4.69, 9.17) is 14.2 Å². The van der Waals surface area contributed by atoms with E-state index in [1.807, 2.05) is 0 Å². The van der Waals surface area contributed by atoms with Crippen LogP contribution < -0.4 is 10.1 Å². The number of amides is 1. The smallest absolute Gasteiger partial charge is 0.234 e. The minimum Gasteiger partial charge on any atom is -0.507 e. The predicted molar refractivity (Wildman–Crippen MR) is 160 cm³/mol. The Balaban J connectivity index is 0.00000461. The van der Waals surface area contributed by atoms with Crippen LogP contribution in [0.4, 0.5) is 0 Å². The van der Waals surface area contributed by atoms with Gasteiger partial charge in [-0.2, -0.15) is 0 Å². The molecule has 45 heavy (non-hydrogen) atoms. The molecule has 0 spiro atoms. The molecule has 0 bridgehead atoms. The molecule has 0 radical (unpaired) electrons. The number of hydrogen-bond acceptors (Lipinski definition) is 12. The number of ether oxygens (including phenoxy) is 3. The molecule has 1 aliphatic heterocycles. The van der Waals surface area contributed by atoms with Crippen molar-refractivity contribution in [1.82, 2.24) is 10.2 Å². The number of aliphatic hydroxyl groups excluding tert-OH is 1. The van der Waals surface area contributed by atoms with Crippen molar-refractivity contribution in [3.63, 3.8) is 0 Å². The van der Waals surface area contributed by atoms with Gasteiger partial charge in [-0.3, -0.25) is 19.2 Å². The lowest BCUT2D eigenvalue weighted by atomic mass is 9.72. The van der Waals surface area contributed by atoms with Crippen molar-refractivity contribution in [1.29, 1.82) is 0 Å². The second kappa shape index (κ2) is 12.7. The molecule has 14 heteroatoms. The minimum absolute atomic E-state index is 0. The third kappa shape index (κ3) is 5.91. The molecule has 5 N–H and O–H groups in total. The van der Waals surface area contributed by atoms with Crippen LogP contribution >= 0.6 is 12.4 Å². The average Bonchev–Trinajstić information content (AvgIpc) is 2.95. The first-order valence-corrected chi connectivity index (χ1v) is 14.2. The summed E-state index contributed by atoms with van der Waals surface area (Å²) < 4.78 is 17.4. The van der Waals surface area contributed by atoms with Crippen LogP contribution in [0.25, 0.3) is 0 Å². The maximum absolute atomic E-state index is 13.8. The third-order valence-corrected chi connectivity index (χ3v) is 8.56. The number of rotatable bonds is 7. The van der Waals surface area contributed by atoms with Crippen molar-refractivity contribution < 1.29 is 53.8 Å². The third-order valence-electron chi connectivity index (χ3n) is 8.56. The molecule has 0 saturated carbocycles. The summed E-state index contributed by atoms with van der Waals surface area (Å²) in [4.78, 5) is 54.2. The number of ketones is 3. The lowest BCUT2D eigenvalue weighted by Crippen LogP contribution is -2.56. The lowest BCUT2D eigenvalue weighted by molar-refractivity contribution is -0.249. The molecule has 2 aromatic carbocycles. The van der Waals surface area contributed by atoms with Gasteiger partial charge in [0, 0.05) is 36.0 Å². The summed E-state index contributed by atoms with van der Waals surface area (Å²) in [6, 6.07) is 3.63. The molecular formula is C31H37ClN2O11. The number of likely N-dealkylation sites (N-methyl/N-ethyl adjacent to an activating group) is 1. The predicted octanol–water partition coefficient (Wildman–Crippen LogP) is 1.17. The SMILES string of the molecule is COc1cccc2c1C(=O)c1c(O)c3c(c(O)c1C2=O)C[C@@](O)(C(C)=O)C[C@@H]3O[C@H]1C[C@H](NC(=O)CN(C)C)[C@H](O)[C@H](C)O1.Cl. The summed E-state index contributed by atoms with van der Waals surface area (Å²) in [6.45, 7) is 2.83. The van der Waals surface area contributed by atoms with E-state index >= 15 is 0 Å². The number of hydrogen-bond donors (Lipinski definition) is 5. The summed E-state index contributed by atoms with van der Waals surface area (Å²) in [7, 11) is 4.77. The molecule has 0 aromatic heterocycles. The van der Waals surface area contributed by atoms with Gasteiger partial charge in [-0.15, -0.1) is 12.4 Å². The average molecular weight is 649 g/mol. The highest BCUT2D eigenvalue weighted by atomic mass is 35.5. The van der Waals surface area contributed by atoms with E-state index in [2.05, 4.69) is 5.32 Å². The first kappa shape index (κ1) is 34.3. The van der Waals surface area contributed by atoms with Gasteiger partial charge in [0.2, 0.25) is 11.7 Å². The number of phenols is 2. The number of nitrogens with zero attached hydrogens (tertiary/aromatic N) is 1. The van der Waals surface area contributed by atoms with E-state index in [1.165, 1.54) is 32.2 Å². The van der Waals surface area contributed by atoms with E-state index in [1.54, 1.807) is 25.9 Å². The van der Waals surface area contributed by atoms with Crippen molar-refractivity contribution in [3.8, 4) is 17.2 Å². The first-order valence-electron chi connectivity index (χ1n) is 14.2. The Kier molecular flexibility index (Phi) is 9.65. The molecule has 3 aliphatic rings. The number of carbonyl (C=O) groups is 4. The van der Waals surface area contributed by atoms with Gasteiger partial charge in [0.1, 0.15) is 29.0 Å². The maximum atomic E-state index is 13.8. The van der Waals surface area contributed by atoms with E-state index in [0.717, 1.165) is 0 Å². The van der Waals surface area contributed by atoms with Gasteiger partial charge >= 0.3 is 0 Å². The zero-order chi connectivity index (χ0) is 32.2. The van der Waals surface area contributed by atoms with E-state index in [-0.39, 0.29) is 65.7 Å². The fraction of sp³-hybridized carbons (Fsp3) is 0.484. The zero-order valence-corrected chi connectivity index (χ0v) is 26.3. The number of phenolic OH excluding ortho intramolecular Hbond substituents is 2. The second-order valence-electron chi connectivity index (χ2n) is 11.9. The molecule has 2 aromatic rings. The van der Waals surface area contributed by atoms with Gasteiger partial charge in [0.25, 0.3) is 0 Å². The molecule has 1 amide bonds. The van der Waals surface area contributed by atoms with Gasteiger partial charge in [-0.05, 0) is 34.0 Å². The highest BCUT2D eigenvalue weighted by Crippen LogP contribution is 2.52. The number of methoxy groups -OCH3 is 1. The van der Waals surface area contributed by atoms with Crippen LogP contribution in [0.1, 0.15) is 75.8 Å². The van der Waals surface area contributed by atoms with Crippen LogP contribution in [0.5, 0.6) is 17.2 Å². The highest BCUT2D eigenvalue weighted by Gasteiger charge is 2.49. The van der Waals surface area contributed by atoms with E-state index in [0.29, 0.717) is 0 Å². The van der Waals surface area contributed by atoms with Crippen LogP contribution in [0.15, 0.2) is 18.2 Å². The van der Waals surface area contributed by atoms with Crippen molar-refractivity contribution >= 4 is 35.7 Å². The number of fused-ring (bicyclic) bond motifs is 3. The number of aliphatic hydroxyl groups is 2. The summed E-state index contributed by atoms with van der Waals surface area (Å²) in [6.07, 6.45) is -5.16. The molecule has 5 rings (SSSR count). The van der Waals surface area contributed by atoms with Gasteiger partial charge in [-0.25, -0.2) is 0 Å². The summed E-state index contributed by atoms with van der Waals surface area (Å²) in [5, 5.41) is 47.9. The molecule has 1 fully saturated rings. The monoisotopic (exact) mass is 648 g/mol. The highest BCUT2D eigenvalue weighted by molar-refractivity contribution is 6.31. The molecule has 1 saturated heterocycles. The van der Waals surface area contributed by atoms with Crippen LogP contribution in [0.3, 0.4) is 0 Å². The number of benzene rings is 2. The molecule has 244 valence electrons. The molecule has 13 nitrogen and oxygen atoms in total. The summed E-state index contributed by atoms with van der Waals surface area (Å²) in [5.74, 6) is -3.68. The molecule has 2 aliphatic carbocycles. The van der Waals surface area contributed by atoms with Gasteiger partial charge in [-0.1, -0.05) is 12.1 Å². The van der Waals surface area contributed by atoms with E-state index < -0.39 is 82.6 Å². The Bertz CT molecular complexity index is 1560. The van der Waals surface area contributed by atoms with E-state index in [9.17, 15) is 39.6 Å². The normalized spacial score (nSPS) is 27.2. The van der Waals surface area contributed by atoms with Crippen molar-refractivity contribution in [2.24, 2.45) is 0 Å². The maximum Gasteiger partial charge on any atom is 0.234 e. The Hall–Kier alpha value is -3.59. The lowest BCUT2D eigenvalue weighted by Gasteiger charge is -2.42. The number of Topliss-reactive ketones (excluding diaryl/α,β-unsaturated/α-hetero) is 1. The van der Waals surface area contributed by atoms with Crippen LogP contribution in [-0.2, 0) is 25.5 Å². The molecule has 0 unspecified atom stereocenters. The summed E-state index contributed by atoms with van der Waals surface area (Å²) >= 11 is 0. The fourth-order valence-corrected chi connectivity index (χ4v) is 6.31. The van der Waals surface area contributed by atoms with Crippen LogP contribution in [0, 0.1) is 0 Å². The van der Waals surface area contributed by atoms with Crippen molar-refractivity contribution in [2.45, 2.75) is 69.4 Å². The van der Waals surface area contributed by atoms with Gasteiger partial charge in [0.15, 0.2) is 17.9 Å². The Morgan fingerprint density at radius 2 is 1.78 bits per heavy atom. The Morgan fingerprint density at radius 3 is 2.40 bits per heavy atom. The van der Waals surface area contributed by atoms with Gasteiger partial charge < -0.3 is 44.9 Å². The van der Waals surface area contributed by atoms with Crippen molar-refractivity contribution in [3.05, 3.63) is 51.6 Å². The van der Waals surface area contributed by atoms with Crippen LogP contribution in [0.2, 0.25) is 0 Å². The topological polar surface area (TPSA) is 192 Å². The number of halogens is 1. The minimum atomic E-state index is -2.06. The quantitative estimate of drug-likeness (QED) is 0.230. The number of nitrogens with one attached hydrogen (secondary N) is 1. The zero-order valence-electron chi connectivity index (χ0n) is 25.4. The standard InChI is InChI=1S/C31H36N2O11.ClH/c1-13-26(36)17(32-20(35)12-33(3)4)9-21(43-13)44-19-11-31(41,14(2)34)10-16-23(19)30(40)25-24(28(16)38)27(37)15-7-6-8-18(42-5)22(15)29(25)39;/h6-8,13,17,19,21,26,36,38,40-41H,9-12H2,1-5H3,(H,32,35);1H/t13-,17-,19-,21-,26+,31-;/m0./s1. The summed E-state index contributed by atoms with van der Waals surface area (Å²) in [5.41, 5.74) is -3.28. The number of carbonyl (C=O) groups excluding carboxylic acids is 4. The number of aromatic hydroxyl groups is 2. The molecule has 1 heterocycles. The second-order valence-corrected chi connectivity index (χ2v) is 11.9. The Morgan fingerprint density at radius 1 is 1.11 bits per heavy atom. The van der Waals surface area contributed by atoms with Crippen molar-refractivity contribution in [2.75, 3.05) is 27.7 Å². The fourth-order valence-electron chi connectivity index (χ4n) is 6.31. The largest absolute Gasteiger partial charge is 0.507 e. The molecule has 6 atom stereocenters. The Labute approximate surface area is 265 Å². The molecular weight excluding hydrogens is 612 g/mol. The van der Waals surface area contributed by atoms with Gasteiger partial charge in [0.05, 0.1) is 48.6 Å². The van der Waals surface area contributed by atoms with Crippen LogP contribution in [-0.4, -0.2) is 106 Å². The first-order chi connectivity index (χ1) is 20.7.